The third kappa shape index (κ3) is 3.17. The number of halogens is 1. The molecule has 2 heterocycles. The van der Waals surface area contributed by atoms with E-state index in [2.05, 4.69) is 0 Å². The van der Waals surface area contributed by atoms with Crippen LogP contribution in [0.25, 0.3) is 0 Å². The Morgan fingerprint density at radius 3 is 2.50 bits per heavy atom. The van der Waals surface area contributed by atoms with Crippen LogP contribution in [-0.2, 0) is 10.0 Å². The van der Waals surface area contributed by atoms with Gasteiger partial charge in [0.05, 0.1) is 4.90 Å². The summed E-state index contributed by atoms with van der Waals surface area (Å²) in [5, 5.41) is 0. The summed E-state index contributed by atoms with van der Waals surface area (Å²) in [7, 11) is -3.48. The zero-order chi connectivity index (χ0) is 15.0. The van der Waals surface area contributed by atoms with Crippen molar-refractivity contribution in [2.24, 2.45) is 11.7 Å². The molecule has 0 radical (unpaired) electrons. The zero-order valence-electron chi connectivity index (χ0n) is 12.4. The summed E-state index contributed by atoms with van der Waals surface area (Å²) in [4.78, 5) is 0.256. The molecule has 1 fully saturated rings. The maximum absolute atomic E-state index is 12.7. The summed E-state index contributed by atoms with van der Waals surface area (Å²) in [6.07, 6.45) is 1.61. The Balaban J connectivity index is 0.00000176. The van der Waals surface area contributed by atoms with Crippen LogP contribution in [0, 0.1) is 5.92 Å². The molecule has 124 valence electrons. The van der Waals surface area contributed by atoms with E-state index in [4.69, 9.17) is 15.2 Å². The molecule has 1 aromatic carbocycles. The minimum atomic E-state index is -3.48. The maximum Gasteiger partial charge on any atom is 0.243 e. The number of piperidine rings is 1. The van der Waals surface area contributed by atoms with E-state index < -0.39 is 10.0 Å². The van der Waals surface area contributed by atoms with Crippen LogP contribution >= 0.6 is 12.4 Å². The van der Waals surface area contributed by atoms with E-state index >= 15 is 0 Å². The van der Waals surface area contributed by atoms with E-state index in [-0.39, 0.29) is 30.1 Å². The molecule has 6 nitrogen and oxygen atoms in total. The fourth-order valence-electron chi connectivity index (χ4n) is 2.83. The quantitative estimate of drug-likeness (QED) is 0.896. The third-order valence-corrected chi connectivity index (χ3v) is 6.12. The highest BCUT2D eigenvalue weighted by molar-refractivity contribution is 7.89. The standard InChI is InChI=1S/C14H20N2O4S.ClH/c1-10(15)11-4-6-16(7-5-11)21(17,18)12-2-3-13-14(8-12)20-9-19-13;/h2-3,8,10-11H,4-7,9,15H2,1H3;1H. The number of nitrogens with zero attached hydrogens (tertiary/aromatic N) is 1. The van der Waals surface area contributed by atoms with Crippen LogP contribution in [0.15, 0.2) is 23.1 Å². The Bertz CT molecular complexity index is 628. The highest BCUT2D eigenvalue weighted by Crippen LogP contribution is 2.35. The van der Waals surface area contributed by atoms with Crippen molar-refractivity contribution in [2.45, 2.75) is 30.7 Å². The third-order valence-electron chi connectivity index (χ3n) is 4.22. The fraction of sp³-hybridized carbons (Fsp3) is 0.571. The van der Waals surface area contributed by atoms with Crippen LogP contribution in [0.4, 0.5) is 0 Å². The average Bonchev–Trinajstić information content (AvgIpc) is 2.94. The molecular formula is C14H21ClN2O4S. The van der Waals surface area contributed by atoms with Gasteiger partial charge < -0.3 is 15.2 Å². The minimum Gasteiger partial charge on any atom is -0.454 e. The first-order valence-corrected chi connectivity index (χ1v) is 8.58. The van der Waals surface area contributed by atoms with Crippen molar-refractivity contribution in [3.8, 4) is 11.5 Å². The van der Waals surface area contributed by atoms with Gasteiger partial charge in [-0.2, -0.15) is 4.31 Å². The minimum absolute atomic E-state index is 0. The van der Waals surface area contributed by atoms with Crippen LogP contribution in [0.5, 0.6) is 11.5 Å². The first-order valence-electron chi connectivity index (χ1n) is 7.14. The molecule has 1 saturated heterocycles. The van der Waals surface area contributed by atoms with E-state index in [1.165, 1.54) is 10.4 Å². The summed E-state index contributed by atoms with van der Waals surface area (Å²) in [5.41, 5.74) is 5.90. The Morgan fingerprint density at radius 1 is 1.23 bits per heavy atom. The second-order valence-corrected chi connectivity index (χ2v) is 7.55. The van der Waals surface area contributed by atoms with Gasteiger partial charge in [-0.25, -0.2) is 8.42 Å². The molecule has 0 bridgehead atoms. The van der Waals surface area contributed by atoms with Gasteiger partial charge >= 0.3 is 0 Å². The molecule has 1 unspecified atom stereocenters. The molecule has 1 aromatic rings. The van der Waals surface area contributed by atoms with Crippen molar-refractivity contribution in [1.82, 2.24) is 4.31 Å². The van der Waals surface area contributed by atoms with Crippen molar-refractivity contribution in [3.05, 3.63) is 18.2 Å². The highest BCUT2D eigenvalue weighted by Gasteiger charge is 2.31. The van der Waals surface area contributed by atoms with Gasteiger partial charge in [0.15, 0.2) is 11.5 Å². The monoisotopic (exact) mass is 348 g/mol. The second kappa shape index (κ2) is 6.62. The van der Waals surface area contributed by atoms with Crippen LogP contribution < -0.4 is 15.2 Å². The van der Waals surface area contributed by atoms with Gasteiger partial charge in [0.25, 0.3) is 0 Å². The average molecular weight is 349 g/mol. The molecule has 22 heavy (non-hydrogen) atoms. The molecule has 2 aliphatic heterocycles. The van der Waals surface area contributed by atoms with E-state index in [1.807, 2.05) is 6.92 Å². The normalized spacial score (nSPS) is 20.5. The molecule has 1 atom stereocenters. The maximum atomic E-state index is 12.7. The second-order valence-electron chi connectivity index (χ2n) is 5.62. The molecule has 0 amide bonds. The SMILES string of the molecule is CC(N)C1CCN(S(=O)(=O)c2ccc3c(c2)OCO3)CC1.Cl. The Kier molecular flexibility index (Phi) is 5.21. The van der Waals surface area contributed by atoms with Crippen LogP contribution in [0.2, 0.25) is 0 Å². The lowest BCUT2D eigenvalue weighted by atomic mass is 9.92. The number of ether oxygens (including phenoxy) is 2. The van der Waals surface area contributed by atoms with E-state index in [1.54, 1.807) is 12.1 Å². The van der Waals surface area contributed by atoms with Gasteiger partial charge in [-0.15, -0.1) is 12.4 Å². The van der Waals surface area contributed by atoms with Gasteiger partial charge in [0.2, 0.25) is 16.8 Å². The van der Waals surface area contributed by atoms with Gasteiger partial charge in [0, 0.05) is 25.2 Å². The molecule has 0 aliphatic carbocycles. The molecular weight excluding hydrogens is 328 g/mol. The van der Waals surface area contributed by atoms with Crippen molar-refractivity contribution < 1.29 is 17.9 Å². The van der Waals surface area contributed by atoms with E-state index in [0.717, 1.165) is 12.8 Å². The topological polar surface area (TPSA) is 81.9 Å². The lowest BCUT2D eigenvalue weighted by Gasteiger charge is -2.32. The first kappa shape index (κ1) is 17.3. The summed E-state index contributed by atoms with van der Waals surface area (Å²) in [6, 6.07) is 4.86. The number of nitrogens with two attached hydrogens (primary N) is 1. The fourth-order valence-corrected chi connectivity index (χ4v) is 4.31. The number of sulfonamides is 1. The van der Waals surface area contributed by atoms with Crippen LogP contribution in [-0.4, -0.2) is 38.6 Å². The molecule has 0 aromatic heterocycles. The summed E-state index contributed by atoms with van der Waals surface area (Å²) in [6.45, 7) is 3.15. The number of hydrogen-bond donors (Lipinski definition) is 1. The molecule has 2 aliphatic rings. The summed E-state index contributed by atoms with van der Waals surface area (Å²) < 4.78 is 37.3. The highest BCUT2D eigenvalue weighted by atomic mass is 35.5. The number of benzene rings is 1. The lowest BCUT2D eigenvalue weighted by molar-refractivity contribution is 0.174. The Hall–Kier alpha value is -1.02. The van der Waals surface area contributed by atoms with Crippen molar-refractivity contribution in [2.75, 3.05) is 19.9 Å². The number of hydrogen-bond acceptors (Lipinski definition) is 5. The van der Waals surface area contributed by atoms with E-state index in [9.17, 15) is 8.42 Å². The van der Waals surface area contributed by atoms with Gasteiger partial charge in [0.1, 0.15) is 0 Å². The van der Waals surface area contributed by atoms with Gasteiger partial charge in [-0.1, -0.05) is 0 Å². The molecule has 3 rings (SSSR count). The lowest BCUT2D eigenvalue weighted by Crippen LogP contribution is -2.42. The Morgan fingerprint density at radius 2 is 1.86 bits per heavy atom. The predicted octanol–water partition coefficient (Wildman–Crippen LogP) is 1.59. The first-order chi connectivity index (χ1) is 9.98. The zero-order valence-corrected chi connectivity index (χ0v) is 14.0. The largest absolute Gasteiger partial charge is 0.454 e. The predicted molar refractivity (Wildman–Crippen MR) is 84.9 cm³/mol. The summed E-state index contributed by atoms with van der Waals surface area (Å²) >= 11 is 0. The van der Waals surface area contributed by atoms with Crippen LogP contribution in [0.3, 0.4) is 0 Å². The van der Waals surface area contributed by atoms with Crippen molar-refractivity contribution in [1.29, 1.82) is 0 Å². The molecule has 2 N–H and O–H groups in total. The van der Waals surface area contributed by atoms with Crippen molar-refractivity contribution in [3.63, 3.8) is 0 Å². The van der Waals surface area contributed by atoms with E-state index in [0.29, 0.717) is 30.5 Å². The number of rotatable bonds is 3. The van der Waals surface area contributed by atoms with Crippen LogP contribution in [0.1, 0.15) is 19.8 Å². The molecule has 0 spiro atoms. The van der Waals surface area contributed by atoms with Gasteiger partial charge in [-0.05, 0) is 37.8 Å². The van der Waals surface area contributed by atoms with Crippen molar-refractivity contribution >= 4 is 22.4 Å². The number of fused-ring (bicyclic) bond motifs is 1. The smallest absolute Gasteiger partial charge is 0.243 e. The molecule has 0 saturated carbocycles. The Labute approximate surface area is 137 Å². The van der Waals surface area contributed by atoms with Gasteiger partial charge in [-0.3, -0.25) is 0 Å². The molecule has 8 heteroatoms. The summed E-state index contributed by atoms with van der Waals surface area (Å²) in [5.74, 6) is 1.47.